The van der Waals surface area contributed by atoms with Crippen LogP contribution in [0.2, 0.25) is 0 Å². The number of nitrogens with two attached hydrogens (primary N) is 1. The topological polar surface area (TPSA) is 50.4 Å². The van der Waals surface area contributed by atoms with Crippen molar-refractivity contribution < 1.29 is 0 Å². The summed E-state index contributed by atoms with van der Waals surface area (Å²) >= 11 is 3.48. The highest BCUT2D eigenvalue weighted by atomic mass is 79.9. The van der Waals surface area contributed by atoms with Crippen LogP contribution in [0.25, 0.3) is 0 Å². The number of benzene rings is 1. The zero-order chi connectivity index (χ0) is 10.8. The molecule has 0 aromatic heterocycles. The monoisotopic (exact) mass is 267 g/mol. The zero-order valence-corrected chi connectivity index (χ0v) is 10.2. The molecule has 0 spiro atoms. The number of aliphatic imine (C=N–C) groups is 1. The maximum absolute atomic E-state index is 5.76. The minimum absolute atomic E-state index is 0.450. The molecule has 2 rings (SSSR count). The molecule has 3 nitrogen and oxygen atoms in total. The molecule has 1 fully saturated rings. The van der Waals surface area contributed by atoms with E-state index in [1.165, 1.54) is 18.4 Å². The SMILES string of the molecule is Cc1ccc(NC(N)=NC2CC2)cc1Br. The van der Waals surface area contributed by atoms with Gasteiger partial charge in [-0.3, -0.25) is 0 Å². The summed E-state index contributed by atoms with van der Waals surface area (Å²) in [6.07, 6.45) is 2.33. The Hall–Kier alpha value is -1.03. The van der Waals surface area contributed by atoms with Crippen molar-refractivity contribution in [2.24, 2.45) is 10.7 Å². The van der Waals surface area contributed by atoms with Gasteiger partial charge in [0.1, 0.15) is 0 Å². The van der Waals surface area contributed by atoms with Crippen molar-refractivity contribution in [3.63, 3.8) is 0 Å². The normalized spacial score (nSPS) is 16.5. The molecule has 0 bridgehead atoms. The number of rotatable bonds is 2. The second kappa shape index (κ2) is 4.23. The second-order valence-corrected chi connectivity index (χ2v) is 4.69. The number of guanidine groups is 1. The van der Waals surface area contributed by atoms with Crippen molar-refractivity contribution in [1.29, 1.82) is 0 Å². The molecule has 0 heterocycles. The summed E-state index contributed by atoms with van der Waals surface area (Å²) in [5.74, 6) is 0.508. The van der Waals surface area contributed by atoms with Crippen LogP contribution in [0.1, 0.15) is 18.4 Å². The average Bonchev–Trinajstić information content (AvgIpc) is 2.95. The Morgan fingerprint density at radius 3 is 2.87 bits per heavy atom. The van der Waals surface area contributed by atoms with Crippen molar-refractivity contribution in [1.82, 2.24) is 0 Å². The summed E-state index contributed by atoms with van der Waals surface area (Å²) in [5.41, 5.74) is 7.93. The highest BCUT2D eigenvalue weighted by molar-refractivity contribution is 9.10. The first-order valence-corrected chi connectivity index (χ1v) is 5.81. The van der Waals surface area contributed by atoms with E-state index in [0.29, 0.717) is 12.0 Å². The van der Waals surface area contributed by atoms with Crippen molar-refractivity contribution in [2.75, 3.05) is 5.32 Å². The van der Waals surface area contributed by atoms with Crippen LogP contribution in [0.4, 0.5) is 5.69 Å². The van der Waals surface area contributed by atoms with Crippen LogP contribution in [0.15, 0.2) is 27.7 Å². The largest absolute Gasteiger partial charge is 0.370 e. The third kappa shape index (κ3) is 2.96. The first kappa shape index (κ1) is 10.5. The summed E-state index contributed by atoms with van der Waals surface area (Å²) in [7, 11) is 0. The molecule has 0 unspecified atom stereocenters. The van der Waals surface area contributed by atoms with Gasteiger partial charge in [0, 0.05) is 10.2 Å². The Kier molecular flexibility index (Phi) is 2.95. The standard InChI is InChI=1S/C11H14BrN3/c1-7-2-3-9(6-10(7)12)15-11(13)14-8-4-5-8/h2-3,6,8H,4-5H2,1H3,(H3,13,14,15). The lowest BCUT2D eigenvalue weighted by Crippen LogP contribution is -2.23. The number of hydrogen-bond acceptors (Lipinski definition) is 1. The second-order valence-electron chi connectivity index (χ2n) is 3.83. The molecule has 0 amide bonds. The fraction of sp³-hybridized carbons (Fsp3) is 0.364. The number of halogens is 1. The van der Waals surface area contributed by atoms with Gasteiger partial charge in [-0.1, -0.05) is 22.0 Å². The summed E-state index contributed by atoms with van der Waals surface area (Å²) in [4.78, 5) is 4.30. The van der Waals surface area contributed by atoms with Crippen molar-refractivity contribution in [3.8, 4) is 0 Å². The fourth-order valence-corrected chi connectivity index (χ4v) is 1.63. The lowest BCUT2D eigenvalue weighted by molar-refractivity contribution is 1.06. The summed E-state index contributed by atoms with van der Waals surface area (Å²) in [6.45, 7) is 2.05. The van der Waals surface area contributed by atoms with Crippen LogP contribution in [0, 0.1) is 6.92 Å². The van der Waals surface area contributed by atoms with Crippen molar-refractivity contribution in [3.05, 3.63) is 28.2 Å². The van der Waals surface area contributed by atoms with Gasteiger partial charge in [-0.05, 0) is 37.5 Å². The maximum Gasteiger partial charge on any atom is 0.193 e. The predicted octanol–water partition coefficient (Wildman–Crippen LogP) is 2.65. The van der Waals surface area contributed by atoms with Gasteiger partial charge in [0.2, 0.25) is 0 Å². The minimum Gasteiger partial charge on any atom is -0.370 e. The van der Waals surface area contributed by atoms with E-state index in [0.717, 1.165) is 10.2 Å². The van der Waals surface area contributed by atoms with Gasteiger partial charge in [-0.25, -0.2) is 4.99 Å². The van der Waals surface area contributed by atoms with Crippen molar-refractivity contribution >= 4 is 27.6 Å². The highest BCUT2D eigenvalue weighted by Gasteiger charge is 2.20. The first-order chi connectivity index (χ1) is 7.15. The molecular formula is C11H14BrN3. The molecule has 0 saturated heterocycles. The van der Waals surface area contributed by atoms with E-state index in [2.05, 4.69) is 33.2 Å². The van der Waals surface area contributed by atoms with Crippen LogP contribution < -0.4 is 11.1 Å². The fourth-order valence-electron chi connectivity index (χ4n) is 1.25. The van der Waals surface area contributed by atoms with Crippen LogP contribution in [0.3, 0.4) is 0 Å². The first-order valence-electron chi connectivity index (χ1n) is 5.01. The summed E-state index contributed by atoms with van der Waals surface area (Å²) in [6, 6.07) is 6.49. The van der Waals surface area contributed by atoms with Gasteiger partial charge >= 0.3 is 0 Å². The van der Waals surface area contributed by atoms with Crippen LogP contribution in [-0.2, 0) is 0 Å². The molecule has 15 heavy (non-hydrogen) atoms. The van der Waals surface area contributed by atoms with Gasteiger partial charge in [0.05, 0.1) is 6.04 Å². The third-order valence-electron chi connectivity index (χ3n) is 2.31. The Bertz CT molecular complexity index is 397. The number of anilines is 1. The molecule has 1 saturated carbocycles. The van der Waals surface area contributed by atoms with E-state index in [1.807, 2.05) is 18.2 Å². The number of aryl methyl sites for hydroxylation is 1. The van der Waals surface area contributed by atoms with Crippen LogP contribution in [0.5, 0.6) is 0 Å². The van der Waals surface area contributed by atoms with Gasteiger partial charge in [0.15, 0.2) is 5.96 Å². The lowest BCUT2D eigenvalue weighted by atomic mass is 10.2. The maximum atomic E-state index is 5.76. The number of hydrogen-bond donors (Lipinski definition) is 2. The molecule has 1 aliphatic rings. The summed E-state index contributed by atoms with van der Waals surface area (Å²) in [5, 5.41) is 3.08. The molecule has 0 atom stereocenters. The molecule has 1 aromatic carbocycles. The number of nitrogens with zero attached hydrogens (tertiary/aromatic N) is 1. The van der Waals surface area contributed by atoms with Gasteiger partial charge in [0.25, 0.3) is 0 Å². The Morgan fingerprint density at radius 2 is 2.27 bits per heavy atom. The Balaban J connectivity index is 2.06. The van der Waals surface area contributed by atoms with E-state index in [-0.39, 0.29) is 0 Å². The third-order valence-corrected chi connectivity index (χ3v) is 3.17. The molecular weight excluding hydrogens is 254 g/mol. The number of nitrogens with one attached hydrogen (secondary N) is 1. The molecule has 80 valence electrons. The van der Waals surface area contributed by atoms with Gasteiger partial charge < -0.3 is 11.1 Å². The molecule has 4 heteroatoms. The smallest absolute Gasteiger partial charge is 0.193 e. The highest BCUT2D eigenvalue weighted by Crippen LogP contribution is 2.24. The molecule has 1 aromatic rings. The van der Waals surface area contributed by atoms with E-state index < -0.39 is 0 Å². The predicted molar refractivity (Wildman–Crippen MR) is 67.1 cm³/mol. The lowest BCUT2D eigenvalue weighted by Gasteiger charge is -2.06. The minimum atomic E-state index is 0.450. The van der Waals surface area contributed by atoms with Gasteiger partial charge in [-0.15, -0.1) is 0 Å². The quantitative estimate of drug-likeness (QED) is 0.640. The Morgan fingerprint density at radius 1 is 1.53 bits per heavy atom. The average molecular weight is 268 g/mol. The zero-order valence-electron chi connectivity index (χ0n) is 8.63. The Labute approximate surface area is 97.9 Å². The molecule has 0 radical (unpaired) electrons. The van der Waals surface area contributed by atoms with E-state index in [4.69, 9.17) is 5.73 Å². The van der Waals surface area contributed by atoms with E-state index in [9.17, 15) is 0 Å². The molecule has 1 aliphatic carbocycles. The van der Waals surface area contributed by atoms with E-state index in [1.54, 1.807) is 0 Å². The van der Waals surface area contributed by atoms with Gasteiger partial charge in [-0.2, -0.15) is 0 Å². The van der Waals surface area contributed by atoms with E-state index >= 15 is 0 Å². The van der Waals surface area contributed by atoms with Crippen LogP contribution in [-0.4, -0.2) is 12.0 Å². The summed E-state index contributed by atoms with van der Waals surface area (Å²) < 4.78 is 1.08. The molecule has 0 aliphatic heterocycles. The van der Waals surface area contributed by atoms with Crippen LogP contribution >= 0.6 is 15.9 Å². The molecule has 3 N–H and O–H groups in total. The van der Waals surface area contributed by atoms with Crippen molar-refractivity contribution in [2.45, 2.75) is 25.8 Å².